The van der Waals surface area contributed by atoms with Gasteiger partial charge in [0.1, 0.15) is 5.72 Å². The predicted molar refractivity (Wildman–Crippen MR) is 65.3 cm³/mol. The minimum absolute atomic E-state index is 0. The smallest absolute Gasteiger partial charge is 0.119 e. The van der Waals surface area contributed by atoms with Gasteiger partial charge >= 0.3 is 0 Å². The Morgan fingerprint density at radius 1 is 1.20 bits per heavy atom. The van der Waals surface area contributed by atoms with Gasteiger partial charge in [0, 0.05) is 12.5 Å². The van der Waals surface area contributed by atoms with Crippen LogP contribution in [-0.4, -0.2) is 18.9 Å². The molecule has 1 saturated carbocycles. The number of rotatable bonds is 1. The Balaban J connectivity index is 0.00000112. The van der Waals surface area contributed by atoms with E-state index in [0.29, 0.717) is 5.92 Å². The van der Waals surface area contributed by atoms with Crippen molar-refractivity contribution in [1.29, 1.82) is 0 Å². The maximum Gasteiger partial charge on any atom is 0.119 e. The molecule has 2 atom stereocenters. The Hall–Kier alpha value is 0.210. The van der Waals surface area contributed by atoms with Crippen LogP contribution < -0.4 is 5.32 Å². The second kappa shape index (κ2) is 5.51. The van der Waals surface area contributed by atoms with Crippen LogP contribution in [0.15, 0.2) is 0 Å². The van der Waals surface area contributed by atoms with E-state index in [4.69, 9.17) is 4.74 Å². The summed E-state index contributed by atoms with van der Waals surface area (Å²) in [5.74, 6) is 1.41. The molecule has 0 aromatic heterocycles. The van der Waals surface area contributed by atoms with Crippen molar-refractivity contribution < 1.29 is 4.74 Å². The molecule has 2 rings (SSSR count). The average Bonchev–Trinajstić information content (AvgIpc) is 2.24. The Morgan fingerprint density at radius 2 is 1.87 bits per heavy atom. The number of hydrogen-bond acceptors (Lipinski definition) is 2. The van der Waals surface area contributed by atoms with Crippen molar-refractivity contribution in [3.63, 3.8) is 0 Å². The van der Waals surface area contributed by atoms with Gasteiger partial charge in [-0.25, -0.2) is 0 Å². The third-order valence-electron chi connectivity index (χ3n) is 3.85. The van der Waals surface area contributed by atoms with Gasteiger partial charge in [-0.15, -0.1) is 12.4 Å². The first-order valence-corrected chi connectivity index (χ1v) is 6.10. The van der Waals surface area contributed by atoms with Crippen molar-refractivity contribution in [2.24, 2.45) is 11.8 Å². The third-order valence-corrected chi connectivity index (χ3v) is 3.85. The third kappa shape index (κ3) is 3.08. The van der Waals surface area contributed by atoms with E-state index < -0.39 is 0 Å². The highest BCUT2D eigenvalue weighted by molar-refractivity contribution is 5.85. The van der Waals surface area contributed by atoms with E-state index in [0.717, 1.165) is 19.1 Å². The summed E-state index contributed by atoms with van der Waals surface area (Å²) in [7, 11) is 0. The van der Waals surface area contributed by atoms with Crippen LogP contribution in [0.1, 0.15) is 46.0 Å². The number of ether oxygens (including phenoxy) is 1. The zero-order valence-corrected chi connectivity index (χ0v) is 10.7. The van der Waals surface area contributed by atoms with Gasteiger partial charge < -0.3 is 4.74 Å². The lowest BCUT2D eigenvalue weighted by Gasteiger charge is -2.44. The molecule has 2 aliphatic rings. The standard InChI is InChI=1S/C12H23NO.ClH/c1-10-8-13-12(2,14-9-10)11-6-4-3-5-7-11;/h10-11,13H,3-9H2,1-2H3;1H. The van der Waals surface area contributed by atoms with Crippen molar-refractivity contribution in [3.8, 4) is 0 Å². The highest BCUT2D eigenvalue weighted by Gasteiger charge is 2.38. The van der Waals surface area contributed by atoms with E-state index in [1.54, 1.807) is 0 Å². The second-order valence-electron chi connectivity index (χ2n) is 5.24. The van der Waals surface area contributed by atoms with Crippen LogP contribution in [0.3, 0.4) is 0 Å². The van der Waals surface area contributed by atoms with Crippen LogP contribution >= 0.6 is 12.4 Å². The summed E-state index contributed by atoms with van der Waals surface area (Å²) >= 11 is 0. The zero-order valence-electron chi connectivity index (χ0n) is 9.92. The molecule has 2 fully saturated rings. The summed E-state index contributed by atoms with van der Waals surface area (Å²) in [6.45, 7) is 6.54. The maximum atomic E-state index is 6.01. The summed E-state index contributed by atoms with van der Waals surface area (Å²) in [5, 5.41) is 3.59. The Kier molecular flexibility index (Phi) is 4.88. The van der Waals surface area contributed by atoms with Gasteiger partial charge in [0.15, 0.2) is 0 Å². The first-order valence-electron chi connectivity index (χ1n) is 6.10. The molecule has 1 N–H and O–H groups in total. The van der Waals surface area contributed by atoms with Gasteiger partial charge in [-0.2, -0.15) is 0 Å². The van der Waals surface area contributed by atoms with Crippen molar-refractivity contribution >= 4 is 12.4 Å². The first-order chi connectivity index (χ1) is 6.71. The fraction of sp³-hybridized carbons (Fsp3) is 1.00. The lowest BCUT2D eigenvalue weighted by Crippen LogP contribution is -2.57. The maximum absolute atomic E-state index is 6.01. The zero-order chi connectivity index (χ0) is 10.0. The fourth-order valence-corrected chi connectivity index (χ4v) is 2.72. The molecule has 1 saturated heterocycles. The Bertz CT molecular complexity index is 184. The molecule has 0 aromatic rings. The summed E-state index contributed by atoms with van der Waals surface area (Å²) < 4.78 is 6.01. The molecular formula is C12H24ClNO. The molecule has 1 aliphatic carbocycles. The van der Waals surface area contributed by atoms with Crippen LogP contribution in [-0.2, 0) is 4.74 Å². The van der Waals surface area contributed by atoms with Crippen LogP contribution in [0.2, 0.25) is 0 Å². The lowest BCUT2D eigenvalue weighted by molar-refractivity contribution is -0.142. The SMILES string of the molecule is CC1CNC(C)(C2CCCCC2)OC1.Cl. The van der Waals surface area contributed by atoms with Crippen molar-refractivity contribution in [3.05, 3.63) is 0 Å². The van der Waals surface area contributed by atoms with Gasteiger partial charge in [0.25, 0.3) is 0 Å². The van der Waals surface area contributed by atoms with Crippen molar-refractivity contribution in [2.45, 2.75) is 51.7 Å². The largest absolute Gasteiger partial charge is 0.360 e. The molecule has 2 nitrogen and oxygen atoms in total. The molecule has 1 heterocycles. The molecule has 0 bridgehead atoms. The highest BCUT2D eigenvalue weighted by atomic mass is 35.5. The normalized spacial score (nSPS) is 38.4. The average molecular weight is 234 g/mol. The van der Waals surface area contributed by atoms with E-state index in [9.17, 15) is 0 Å². The molecule has 0 aromatic carbocycles. The van der Waals surface area contributed by atoms with E-state index in [-0.39, 0.29) is 18.1 Å². The molecule has 0 spiro atoms. The molecule has 0 amide bonds. The molecule has 90 valence electrons. The van der Waals surface area contributed by atoms with Crippen LogP contribution in [0.25, 0.3) is 0 Å². The van der Waals surface area contributed by atoms with Crippen molar-refractivity contribution in [1.82, 2.24) is 5.32 Å². The van der Waals surface area contributed by atoms with Crippen LogP contribution in [0, 0.1) is 11.8 Å². The van der Waals surface area contributed by atoms with Gasteiger partial charge in [-0.1, -0.05) is 26.2 Å². The monoisotopic (exact) mass is 233 g/mol. The van der Waals surface area contributed by atoms with Crippen molar-refractivity contribution in [2.75, 3.05) is 13.2 Å². The number of hydrogen-bond donors (Lipinski definition) is 1. The van der Waals surface area contributed by atoms with E-state index >= 15 is 0 Å². The number of halogens is 1. The van der Waals surface area contributed by atoms with E-state index in [1.807, 2.05) is 0 Å². The molecule has 2 unspecified atom stereocenters. The summed E-state index contributed by atoms with van der Waals surface area (Å²) in [4.78, 5) is 0. The summed E-state index contributed by atoms with van der Waals surface area (Å²) in [6.07, 6.45) is 6.89. The predicted octanol–water partition coefficient (Wildman–Crippen LogP) is 2.96. The van der Waals surface area contributed by atoms with Crippen LogP contribution in [0.5, 0.6) is 0 Å². The molecular weight excluding hydrogens is 210 g/mol. The van der Waals surface area contributed by atoms with E-state index in [1.165, 1.54) is 32.1 Å². The summed E-state index contributed by atoms with van der Waals surface area (Å²) in [5.41, 5.74) is -0.0209. The quantitative estimate of drug-likeness (QED) is 0.752. The number of nitrogens with one attached hydrogen (secondary N) is 1. The highest BCUT2D eigenvalue weighted by Crippen LogP contribution is 2.34. The summed E-state index contributed by atoms with van der Waals surface area (Å²) in [6, 6.07) is 0. The minimum atomic E-state index is -0.0209. The lowest BCUT2D eigenvalue weighted by atomic mass is 9.81. The van der Waals surface area contributed by atoms with Crippen LogP contribution in [0.4, 0.5) is 0 Å². The van der Waals surface area contributed by atoms with Gasteiger partial charge in [-0.3, -0.25) is 5.32 Å². The van der Waals surface area contributed by atoms with Gasteiger partial charge in [-0.05, 0) is 25.7 Å². The first kappa shape index (κ1) is 13.3. The molecule has 3 heteroatoms. The molecule has 15 heavy (non-hydrogen) atoms. The molecule has 0 radical (unpaired) electrons. The Morgan fingerprint density at radius 3 is 2.40 bits per heavy atom. The molecule has 1 aliphatic heterocycles. The second-order valence-corrected chi connectivity index (χ2v) is 5.24. The topological polar surface area (TPSA) is 21.3 Å². The van der Waals surface area contributed by atoms with Gasteiger partial charge in [0.05, 0.1) is 6.61 Å². The Labute approximate surface area is 99.6 Å². The minimum Gasteiger partial charge on any atom is -0.360 e. The fourth-order valence-electron chi connectivity index (χ4n) is 2.72. The van der Waals surface area contributed by atoms with Gasteiger partial charge in [0.2, 0.25) is 0 Å². The van der Waals surface area contributed by atoms with E-state index in [2.05, 4.69) is 19.2 Å².